The maximum absolute atomic E-state index is 13.9. The average Bonchev–Trinajstić information content (AvgIpc) is 3.13. The quantitative estimate of drug-likeness (QED) is 0.908. The SMILES string of the molecule is COCc1c(CNC2CC2)oc2c(F)cc(Br)cc12. The fourth-order valence-electron chi connectivity index (χ4n) is 2.19. The topological polar surface area (TPSA) is 34.4 Å². The molecule has 1 aliphatic rings. The Kier molecular flexibility index (Phi) is 3.60. The molecule has 19 heavy (non-hydrogen) atoms. The lowest BCUT2D eigenvalue weighted by Crippen LogP contribution is -2.15. The molecular formula is C14H15BrFNO2. The maximum atomic E-state index is 13.9. The highest BCUT2D eigenvalue weighted by atomic mass is 79.9. The van der Waals surface area contributed by atoms with Crippen LogP contribution in [0.1, 0.15) is 24.2 Å². The van der Waals surface area contributed by atoms with Gasteiger partial charge in [0.25, 0.3) is 0 Å². The third-order valence-electron chi connectivity index (χ3n) is 3.31. The van der Waals surface area contributed by atoms with Gasteiger partial charge in [-0.25, -0.2) is 4.39 Å². The van der Waals surface area contributed by atoms with Crippen LogP contribution >= 0.6 is 15.9 Å². The minimum Gasteiger partial charge on any atom is -0.456 e. The number of halogens is 2. The Morgan fingerprint density at radius 3 is 2.95 bits per heavy atom. The first kappa shape index (κ1) is 13.1. The number of benzene rings is 1. The molecule has 0 unspecified atom stereocenters. The number of hydrogen-bond donors (Lipinski definition) is 1. The van der Waals surface area contributed by atoms with Gasteiger partial charge in [-0.1, -0.05) is 15.9 Å². The number of fused-ring (bicyclic) bond motifs is 1. The van der Waals surface area contributed by atoms with Gasteiger partial charge < -0.3 is 14.5 Å². The lowest BCUT2D eigenvalue weighted by Gasteiger charge is -2.03. The van der Waals surface area contributed by atoms with E-state index in [4.69, 9.17) is 9.15 Å². The zero-order valence-corrected chi connectivity index (χ0v) is 12.2. The Labute approximate surface area is 119 Å². The average molecular weight is 328 g/mol. The van der Waals surface area contributed by atoms with E-state index in [1.165, 1.54) is 18.9 Å². The lowest BCUT2D eigenvalue weighted by atomic mass is 10.1. The van der Waals surface area contributed by atoms with Gasteiger partial charge in [0.2, 0.25) is 0 Å². The van der Waals surface area contributed by atoms with E-state index < -0.39 is 0 Å². The van der Waals surface area contributed by atoms with Crippen LogP contribution in [0.25, 0.3) is 11.0 Å². The summed E-state index contributed by atoms with van der Waals surface area (Å²) < 4.78 is 25.5. The fraction of sp³-hybridized carbons (Fsp3) is 0.429. The van der Waals surface area contributed by atoms with Crippen molar-refractivity contribution in [3.8, 4) is 0 Å². The van der Waals surface area contributed by atoms with Crippen molar-refractivity contribution in [2.75, 3.05) is 7.11 Å². The molecule has 102 valence electrons. The summed E-state index contributed by atoms with van der Waals surface area (Å²) in [6, 6.07) is 3.87. The minimum absolute atomic E-state index is 0.308. The van der Waals surface area contributed by atoms with E-state index >= 15 is 0 Å². The van der Waals surface area contributed by atoms with Gasteiger partial charge in [0.05, 0.1) is 13.2 Å². The van der Waals surface area contributed by atoms with Crippen LogP contribution in [0, 0.1) is 5.82 Å². The molecular weight excluding hydrogens is 313 g/mol. The molecule has 2 aromatic rings. The highest BCUT2D eigenvalue weighted by molar-refractivity contribution is 9.10. The number of ether oxygens (including phenoxy) is 1. The van der Waals surface area contributed by atoms with Crippen molar-refractivity contribution in [2.45, 2.75) is 32.0 Å². The third kappa shape index (κ3) is 2.68. The van der Waals surface area contributed by atoms with E-state index in [1.54, 1.807) is 7.11 Å². The van der Waals surface area contributed by atoms with Gasteiger partial charge in [0.15, 0.2) is 11.4 Å². The number of methoxy groups -OCH3 is 1. The molecule has 0 aliphatic heterocycles. The zero-order chi connectivity index (χ0) is 13.4. The van der Waals surface area contributed by atoms with Crippen LogP contribution < -0.4 is 5.32 Å². The molecule has 0 radical (unpaired) electrons. The second kappa shape index (κ2) is 5.23. The monoisotopic (exact) mass is 327 g/mol. The van der Waals surface area contributed by atoms with Crippen LogP contribution in [-0.2, 0) is 17.9 Å². The summed E-state index contributed by atoms with van der Waals surface area (Å²) in [6.07, 6.45) is 2.42. The van der Waals surface area contributed by atoms with Crippen LogP contribution in [0.15, 0.2) is 21.0 Å². The van der Waals surface area contributed by atoms with Gasteiger partial charge in [-0.3, -0.25) is 0 Å². The van der Waals surface area contributed by atoms with Crippen LogP contribution in [0.5, 0.6) is 0 Å². The van der Waals surface area contributed by atoms with Crippen LogP contribution in [-0.4, -0.2) is 13.2 Å². The molecule has 1 N–H and O–H groups in total. The van der Waals surface area contributed by atoms with Crippen LogP contribution in [0.4, 0.5) is 4.39 Å². The van der Waals surface area contributed by atoms with Gasteiger partial charge in [-0.2, -0.15) is 0 Å². The Morgan fingerprint density at radius 2 is 2.26 bits per heavy atom. The standard InChI is InChI=1S/C14H15BrFNO2/c1-18-7-11-10-4-8(15)5-12(16)14(10)19-13(11)6-17-9-2-3-9/h4-5,9,17H,2-3,6-7H2,1H3. The van der Waals surface area contributed by atoms with Gasteiger partial charge in [0, 0.05) is 28.6 Å². The molecule has 1 aromatic carbocycles. The summed E-state index contributed by atoms with van der Waals surface area (Å²) in [5.74, 6) is 0.417. The van der Waals surface area contributed by atoms with Crippen molar-refractivity contribution in [1.82, 2.24) is 5.32 Å². The van der Waals surface area contributed by atoms with E-state index in [2.05, 4.69) is 21.2 Å². The van der Waals surface area contributed by atoms with Gasteiger partial charge >= 0.3 is 0 Å². The first-order chi connectivity index (χ1) is 9.19. The number of hydrogen-bond acceptors (Lipinski definition) is 3. The molecule has 1 aliphatic carbocycles. The van der Waals surface area contributed by atoms with E-state index in [-0.39, 0.29) is 5.82 Å². The molecule has 1 heterocycles. The van der Waals surface area contributed by atoms with Crippen molar-refractivity contribution >= 4 is 26.9 Å². The van der Waals surface area contributed by atoms with Crippen molar-refractivity contribution in [2.24, 2.45) is 0 Å². The first-order valence-corrected chi connectivity index (χ1v) is 7.10. The molecule has 1 fully saturated rings. The Balaban J connectivity index is 2.03. The second-order valence-corrected chi connectivity index (χ2v) is 5.77. The Hall–Kier alpha value is -0.910. The molecule has 3 nitrogen and oxygen atoms in total. The number of nitrogens with one attached hydrogen (secondary N) is 1. The number of rotatable bonds is 5. The van der Waals surface area contributed by atoms with E-state index in [0.717, 1.165) is 16.7 Å². The molecule has 3 rings (SSSR count). The van der Waals surface area contributed by atoms with Gasteiger partial charge in [-0.05, 0) is 25.0 Å². The highest BCUT2D eigenvalue weighted by Gasteiger charge is 2.23. The number of furan rings is 1. The Bertz CT molecular complexity index is 607. The van der Waals surface area contributed by atoms with E-state index in [1.807, 2.05) is 6.07 Å². The zero-order valence-electron chi connectivity index (χ0n) is 10.6. The molecule has 0 amide bonds. The maximum Gasteiger partial charge on any atom is 0.170 e. The van der Waals surface area contributed by atoms with E-state index in [0.29, 0.717) is 29.2 Å². The van der Waals surface area contributed by atoms with Gasteiger partial charge in [0.1, 0.15) is 5.76 Å². The van der Waals surface area contributed by atoms with Crippen molar-refractivity contribution in [1.29, 1.82) is 0 Å². The Morgan fingerprint density at radius 1 is 1.47 bits per heavy atom. The predicted octanol–water partition coefficient (Wildman–Crippen LogP) is 3.73. The highest BCUT2D eigenvalue weighted by Crippen LogP contribution is 2.32. The molecule has 0 atom stereocenters. The predicted molar refractivity (Wildman–Crippen MR) is 74.4 cm³/mol. The summed E-state index contributed by atoms with van der Waals surface area (Å²) in [5.41, 5.74) is 1.23. The molecule has 0 bridgehead atoms. The summed E-state index contributed by atoms with van der Waals surface area (Å²) in [7, 11) is 1.63. The normalized spacial score (nSPS) is 15.3. The fourth-order valence-corrected chi connectivity index (χ4v) is 2.62. The molecule has 0 spiro atoms. The summed E-state index contributed by atoms with van der Waals surface area (Å²) in [6.45, 7) is 1.04. The smallest absolute Gasteiger partial charge is 0.170 e. The third-order valence-corrected chi connectivity index (χ3v) is 3.77. The molecule has 1 saturated carbocycles. The second-order valence-electron chi connectivity index (χ2n) is 4.86. The van der Waals surface area contributed by atoms with Crippen molar-refractivity contribution in [3.63, 3.8) is 0 Å². The van der Waals surface area contributed by atoms with Crippen molar-refractivity contribution < 1.29 is 13.5 Å². The lowest BCUT2D eigenvalue weighted by molar-refractivity contribution is 0.183. The van der Waals surface area contributed by atoms with Crippen LogP contribution in [0.3, 0.4) is 0 Å². The summed E-state index contributed by atoms with van der Waals surface area (Å²) in [4.78, 5) is 0. The molecule has 0 saturated heterocycles. The summed E-state index contributed by atoms with van der Waals surface area (Å²) >= 11 is 3.31. The molecule has 5 heteroatoms. The largest absolute Gasteiger partial charge is 0.456 e. The first-order valence-electron chi connectivity index (χ1n) is 6.30. The summed E-state index contributed by atoms with van der Waals surface area (Å²) in [5, 5.41) is 4.16. The minimum atomic E-state index is -0.348. The van der Waals surface area contributed by atoms with Crippen LogP contribution in [0.2, 0.25) is 0 Å². The van der Waals surface area contributed by atoms with E-state index in [9.17, 15) is 4.39 Å². The van der Waals surface area contributed by atoms with Gasteiger partial charge in [-0.15, -0.1) is 0 Å². The molecule has 1 aromatic heterocycles. The van der Waals surface area contributed by atoms with Crippen molar-refractivity contribution in [3.05, 3.63) is 33.7 Å².